The van der Waals surface area contributed by atoms with Crippen molar-refractivity contribution in [2.24, 2.45) is 0 Å². The van der Waals surface area contributed by atoms with Crippen LogP contribution >= 0.6 is 11.3 Å². The largest absolute Gasteiger partial charge is 0.302 e. The molecule has 1 aromatic carbocycles. The lowest BCUT2D eigenvalue weighted by atomic mass is 10.1. The maximum Gasteiger partial charge on any atom is 0.230 e. The smallest absolute Gasteiger partial charge is 0.230 e. The molecule has 1 aromatic heterocycles. The first kappa shape index (κ1) is 15.2. The minimum atomic E-state index is 0.00213. The second-order valence-electron chi connectivity index (χ2n) is 5.72. The standard InChI is InChI=1S/C17H21N3OS/c1-3-20-9-8-14-15(11-20)22-17(18-14)19-16(21)10-13-6-4-12(2)5-7-13/h4-7H,3,8-11H2,1-2H3,(H,18,19,21). The van der Waals surface area contributed by atoms with Gasteiger partial charge < -0.3 is 5.32 Å². The Bertz CT molecular complexity index is 663. The summed E-state index contributed by atoms with van der Waals surface area (Å²) in [7, 11) is 0. The molecule has 116 valence electrons. The van der Waals surface area contributed by atoms with Crippen LogP contribution in [0.2, 0.25) is 0 Å². The van der Waals surface area contributed by atoms with Gasteiger partial charge in [0.25, 0.3) is 0 Å². The van der Waals surface area contributed by atoms with E-state index in [1.807, 2.05) is 31.2 Å². The molecule has 1 aliphatic heterocycles. The van der Waals surface area contributed by atoms with Crippen molar-refractivity contribution in [3.05, 3.63) is 46.0 Å². The number of aromatic nitrogens is 1. The third-order valence-electron chi connectivity index (χ3n) is 3.99. The zero-order chi connectivity index (χ0) is 15.5. The number of nitrogens with one attached hydrogen (secondary N) is 1. The number of hydrogen-bond acceptors (Lipinski definition) is 4. The van der Waals surface area contributed by atoms with Gasteiger partial charge in [-0.15, -0.1) is 11.3 Å². The molecular formula is C17H21N3OS. The van der Waals surface area contributed by atoms with E-state index in [9.17, 15) is 4.79 Å². The van der Waals surface area contributed by atoms with Crippen LogP contribution in [0.15, 0.2) is 24.3 Å². The van der Waals surface area contributed by atoms with Crippen LogP contribution < -0.4 is 5.32 Å². The van der Waals surface area contributed by atoms with Crippen molar-refractivity contribution in [3.63, 3.8) is 0 Å². The number of carbonyl (C=O) groups excluding carboxylic acids is 1. The van der Waals surface area contributed by atoms with E-state index in [4.69, 9.17) is 0 Å². The number of aryl methyl sites for hydroxylation is 1. The van der Waals surface area contributed by atoms with E-state index in [1.165, 1.54) is 10.4 Å². The predicted octanol–water partition coefficient (Wildman–Crippen LogP) is 3.01. The van der Waals surface area contributed by atoms with Gasteiger partial charge in [-0.3, -0.25) is 9.69 Å². The van der Waals surface area contributed by atoms with Crippen LogP contribution in [0.5, 0.6) is 0 Å². The summed E-state index contributed by atoms with van der Waals surface area (Å²) < 4.78 is 0. The molecule has 2 aromatic rings. The highest BCUT2D eigenvalue weighted by molar-refractivity contribution is 7.15. The summed E-state index contributed by atoms with van der Waals surface area (Å²) in [5, 5.41) is 3.68. The summed E-state index contributed by atoms with van der Waals surface area (Å²) in [6, 6.07) is 8.07. The van der Waals surface area contributed by atoms with Gasteiger partial charge in [0.2, 0.25) is 5.91 Å². The molecule has 0 saturated heterocycles. The zero-order valence-electron chi connectivity index (χ0n) is 13.1. The number of amides is 1. The summed E-state index contributed by atoms with van der Waals surface area (Å²) in [6.07, 6.45) is 1.37. The highest BCUT2D eigenvalue weighted by Crippen LogP contribution is 2.28. The van der Waals surface area contributed by atoms with Gasteiger partial charge in [-0.25, -0.2) is 4.98 Å². The van der Waals surface area contributed by atoms with Crippen molar-refractivity contribution < 1.29 is 4.79 Å². The monoisotopic (exact) mass is 315 g/mol. The van der Waals surface area contributed by atoms with Gasteiger partial charge in [0, 0.05) is 24.4 Å². The Balaban J connectivity index is 1.62. The number of carbonyl (C=O) groups is 1. The summed E-state index contributed by atoms with van der Waals surface area (Å²) in [4.78, 5) is 20.4. The lowest BCUT2D eigenvalue weighted by molar-refractivity contribution is -0.115. The third kappa shape index (κ3) is 3.54. The van der Waals surface area contributed by atoms with Crippen LogP contribution in [-0.2, 0) is 24.2 Å². The quantitative estimate of drug-likeness (QED) is 0.943. The second kappa shape index (κ2) is 6.58. The number of rotatable bonds is 4. The molecule has 4 nitrogen and oxygen atoms in total. The van der Waals surface area contributed by atoms with Crippen LogP contribution in [0, 0.1) is 6.92 Å². The number of thiazole rings is 1. The van der Waals surface area contributed by atoms with Crippen molar-refractivity contribution >= 4 is 22.4 Å². The molecule has 0 fully saturated rings. The van der Waals surface area contributed by atoms with E-state index in [-0.39, 0.29) is 5.91 Å². The van der Waals surface area contributed by atoms with Crippen molar-refractivity contribution in [1.82, 2.24) is 9.88 Å². The van der Waals surface area contributed by atoms with Gasteiger partial charge in [-0.1, -0.05) is 36.8 Å². The van der Waals surface area contributed by atoms with E-state index in [2.05, 4.69) is 22.1 Å². The molecule has 5 heteroatoms. The van der Waals surface area contributed by atoms with Gasteiger partial charge in [-0.05, 0) is 19.0 Å². The molecule has 1 aliphatic rings. The first-order chi connectivity index (χ1) is 10.6. The molecule has 0 spiro atoms. The van der Waals surface area contributed by atoms with Crippen LogP contribution in [0.4, 0.5) is 5.13 Å². The fourth-order valence-electron chi connectivity index (χ4n) is 2.63. The first-order valence-electron chi connectivity index (χ1n) is 7.70. The Labute approximate surface area is 135 Å². The Morgan fingerprint density at radius 2 is 2.14 bits per heavy atom. The Morgan fingerprint density at radius 3 is 2.86 bits per heavy atom. The average Bonchev–Trinajstić information content (AvgIpc) is 2.90. The number of anilines is 1. The van der Waals surface area contributed by atoms with Crippen LogP contribution in [0.1, 0.15) is 28.6 Å². The van der Waals surface area contributed by atoms with Gasteiger partial charge in [0.15, 0.2) is 5.13 Å². The average molecular weight is 315 g/mol. The Morgan fingerprint density at radius 1 is 1.36 bits per heavy atom. The molecule has 0 aliphatic carbocycles. The Kier molecular flexibility index (Phi) is 4.55. The maximum absolute atomic E-state index is 12.1. The summed E-state index contributed by atoms with van der Waals surface area (Å²) >= 11 is 1.61. The molecule has 3 rings (SSSR count). The second-order valence-corrected chi connectivity index (χ2v) is 6.80. The van der Waals surface area contributed by atoms with Crippen molar-refractivity contribution in [2.75, 3.05) is 18.4 Å². The third-order valence-corrected chi connectivity index (χ3v) is 4.99. The van der Waals surface area contributed by atoms with E-state index in [0.29, 0.717) is 6.42 Å². The molecule has 0 bridgehead atoms. The van der Waals surface area contributed by atoms with Gasteiger partial charge in [-0.2, -0.15) is 0 Å². The number of nitrogens with zero attached hydrogens (tertiary/aromatic N) is 2. The van der Waals surface area contributed by atoms with Gasteiger partial charge in [0.1, 0.15) is 0 Å². The number of hydrogen-bond donors (Lipinski definition) is 1. The van der Waals surface area contributed by atoms with Gasteiger partial charge in [0.05, 0.1) is 12.1 Å². The topological polar surface area (TPSA) is 45.2 Å². The zero-order valence-corrected chi connectivity index (χ0v) is 13.9. The molecule has 2 heterocycles. The normalized spacial score (nSPS) is 14.6. The summed E-state index contributed by atoms with van der Waals surface area (Å²) in [5.41, 5.74) is 3.39. The fourth-order valence-corrected chi connectivity index (χ4v) is 3.69. The fraction of sp³-hybridized carbons (Fsp3) is 0.412. The highest BCUT2D eigenvalue weighted by atomic mass is 32.1. The highest BCUT2D eigenvalue weighted by Gasteiger charge is 2.20. The summed E-state index contributed by atoms with van der Waals surface area (Å²) in [5.74, 6) is 0.00213. The van der Waals surface area contributed by atoms with Crippen molar-refractivity contribution in [2.45, 2.75) is 33.2 Å². The van der Waals surface area contributed by atoms with Gasteiger partial charge >= 0.3 is 0 Å². The van der Waals surface area contributed by atoms with Crippen molar-refractivity contribution in [3.8, 4) is 0 Å². The van der Waals surface area contributed by atoms with Crippen LogP contribution in [0.25, 0.3) is 0 Å². The van der Waals surface area contributed by atoms with E-state index in [1.54, 1.807) is 11.3 Å². The SMILES string of the molecule is CCN1CCc2nc(NC(=O)Cc3ccc(C)cc3)sc2C1. The lowest BCUT2D eigenvalue weighted by Crippen LogP contribution is -2.29. The predicted molar refractivity (Wildman–Crippen MR) is 90.3 cm³/mol. The van der Waals surface area contributed by atoms with Crippen LogP contribution in [0.3, 0.4) is 0 Å². The van der Waals surface area contributed by atoms with E-state index >= 15 is 0 Å². The minimum Gasteiger partial charge on any atom is -0.302 e. The summed E-state index contributed by atoms with van der Waals surface area (Å²) in [6.45, 7) is 7.30. The van der Waals surface area contributed by atoms with E-state index < -0.39 is 0 Å². The number of benzene rings is 1. The molecule has 0 unspecified atom stereocenters. The molecular weight excluding hydrogens is 294 g/mol. The minimum absolute atomic E-state index is 0.00213. The number of fused-ring (bicyclic) bond motifs is 1. The Hall–Kier alpha value is -1.72. The van der Waals surface area contributed by atoms with Crippen molar-refractivity contribution in [1.29, 1.82) is 0 Å². The number of likely N-dealkylation sites (N-methyl/N-ethyl adjacent to an activating group) is 1. The molecule has 0 saturated carbocycles. The molecule has 22 heavy (non-hydrogen) atoms. The molecule has 0 atom stereocenters. The van der Waals surface area contributed by atoms with Crippen LogP contribution in [-0.4, -0.2) is 28.9 Å². The lowest BCUT2D eigenvalue weighted by Gasteiger charge is -2.23. The first-order valence-corrected chi connectivity index (χ1v) is 8.52. The van der Waals surface area contributed by atoms with E-state index in [0.717, 1.165) is 42.4 Å². The molecule has 1 amide bonds. The molecule has 1 N–H and O–H groups in total. The molecule has 0 radical (unpaired) electrons. The maximum atomic E-state index is 12.1.